The quantitative estimate of drug-likeness (QED) is 0.703. The maximum Gasteiger partial charge on any atom is 0.221 e. The Balaban J connectivity index is 1.32. The van der Waals surface area contributed by atoms with Crippen molar-refractivity contribution < 1.29 is 14.6 Å². The van der Waals surface area contributed by atoms with Crippen molar-refractivity contribution in [1.82, 2.24) is 14.9 Å². The van der Waals surface area contributed by atoms with Gasteiger partial charge in [-0.3, -0.25) is 4.79 Å². The number of carbonyl (C=O) groups excluding carboxylic acids is 1. The lowest BCUT2D eigenvalue weighted by atomic mass is 9.97. The SMILES string of the molecule is O=C(CCn1c(CO)nc2ccccc21)NCC1COc2ccccc2C1. The molecule has 140 valence electrons. The maximum atomic E-state index is 12.3. The van der Waals surface area contributed by atoms with Gasteiger partial charge >= 0.3 is 0 Å². The average Bonchev–Trinajstić information content (AvgIpc) is 3.08. The van der Waals surface area contributed by atoms with Gasteiger partial charge in [-0.15, -0.1) is 0 Å². The number of carbonyl (C=O) groups is 1. The van der Waals surface area contributed by atoms with Crippen LogP contribution in [0.3, 0.4) is 0 Å². The zero-order chi connectivity index (χ0) is 18.6. The third-order valence-corrected chi connectivity index (χ3v) is 4.98. The van der Waals surface area contributed by atoms with E-state index in [-0.39, 0.29) is 18.4 Å². The van der Waals surface area contributed by atoms with Crippen LogP contribution in [0, 0.1) is 5.92 Å². The maximum absolute atomic E-state index is 12.3. The zero-order valence-electron chi connectivity index (χ0n) is 15.1. The number of nitrogens with zero attached hydrogens (tertiary/aromatic N) is 2. The van der Waals surface area contributed by atoms with E-state index in [9.17, 15) is 9.90 Å². The molecule has 0 fully saturated rings. The fourth-order valence-electron chi connectivity index (χ4n) is 3.58. The summed E-state index contributed by atoms with van der Waals surface area (Å²) in [4.78, 5) is 16.7. The first-order valence-electron chi connectivity index (χ1n) is 9.27. The molecule has 0 saturated heterocycles. The second kappa shape index (κ2) is 7.80. The number of imidazole rings is 1. The average molecular weight is 365 g/mol. The minimum atomic E-state index is -0.144. The lowest BCUT2D eigenvalue weighted by molar-refractivity contribution is -0.121. The highest BCUT2D eigenvalue weighted by Gasteiger charge is 2.20. The molecular formula is C21H23N3O3. The Kier molecular flexibility index (Phi) is 5.07. The van der Waals surface area contributed by atoms with E-state index >= 15 is 0 Å². The number of nitrogens with one attached hydrogen (secondary N) is 1. The Labute approximate surface area is 157 Å². The van der Waals surface area contributed by atoms with Crippen LogP contribution in [0.1, 0.15) is 17.8 Å². The Morgan fingerprint density at radius 2 is 2.04 bits per heavy atom. The summed E-state index contributed by atoms with van der Waals surface area (Å²) < 4.78 is 7.69. The van der Waals surface area contributed by atoms with Crippen LogP contribution in [0.15, 0.2) is 48.5 Å². The number of aryl methyl sites for hydroxylation is 1. The van der Waals surface area contributed by atoms with E-state index in [0.717, 1.165) is 23.2 Å². The van der Waals surface area contributed by atoms with E-state index in [1.54, 1.807) is 0 Å². The molecule has 2 heterocycles. The smallest absolute Gasteiger partial charge is 0.221 e. The molecule has 27 heavy (non-hydrogen) atoms. The summed E-state index contributed by atoms with van der Waals surface area (Å²) in [6.07, 6.45) is 1.26. The highest BCUT2D eigenvalue weighted by molar-refractivity contribution is 5.78. The normalized spacial score (nSPS) is 16.0. The van der Waals surface area contributed by atoms with Crippen molar-refractivity contribution in [1.29, 1.82) is 0 Å². The molecule has 0 spiro atoms. The van der Waals surface area contributed by atoms with Crippen LogP contribution >= 0.6 is 0 Å². The number of para-hydroxylation sites is 3. The number of ether oxygens (including phenoxy) is 1. The van der Waals surface area contributed by atoms with Crippen LogP contribution in [-0.2, 0) is 24.4 Å². The van der Waals surface area contributed by atoms with Gasteiger partial charge in [-0.25, -0.2) is 4.98 Å². The summed E-state index contributed by atoms with van der Waals surface area (Å²) in [7, 11) is 0. The van der Waals surface area contributed by atoms with Gasteiger partial charge in [-0.05, 0) is 30.2 Å². The minimum Gasteiger partial charge on any atom is -0.493 e. The number of aromatic nitrogens is 2. The molecule has 1 aromatic heterocycles. The molecule has 0 radical (unpaired) electrons. The third-order valence-electron chi connectivity index (χ3n) is 4.98. The molecule has 1 atom stereocenters. The molecule has 1 amide bonds. The van der Waals surface area contributed by atoms with E-state index in [2.05, 4.69) is 16.4 Å². The van der Waals surface area contributed by atoms with Crippen LogP contribution in [0.5, 0.6) is 5.75 Å². The first-order valence-corrected chi connectivity index (χ1v) is 9.27. The van der Waals surface area contributed by atoms with Gasteiger partial charge in [0.1, 0.15) is 18.2 Å². The first-order chi connectivity index (χ1) is 13.2. The van der Waals surface area contributed by atoms with Crippen molar-refractivity contribution in [2.24, 2.45) is 5.92 Å². The van der Waals surface area contributed by atoms with E-state index in [4.69, 9.17) is 4.74 Å². The summed E-state index contributed by atoms with van der Waals surface area (Å²) in [6, 6.07) is 15.8. The fraction of sp³-hybridized carbons (Fsp3) is 0.333. The predicted octanol–water partition coefficient (Wildman–Crippen LogP) is 2.29. The Morgan fingerprint density at radius 3 is 2.93 bits per heavy atom. The zero-order valence-corrected chi connectivity index (χ0v) is 15.1. The van der Waals surface area contributed by atoms with E-state index in [1.165, 1.54) is 5.56 Å². The van der Waals surface area contributed by atoms with Crippen molar-refractivity contribution in [2.45, 2.75) is 26.0 Å². The molecule has 0 saturated carbocycles. The first kappa shape index (κ1) is 17.5. The summed E-state index contributed by atoms with van der Waals surface area (Å²) in [5, 5.41) is 12.6. The van der Waals surface area contributed by atoms with E-state index in [1.807, 2.05) is 47.0 Å². The van der Waals surface area contributed by atoms with E-state index in [0.29, 0.717) is 31.9 Å². The minimum absolute atomic E-state index is 0.00414. The van der Waals surface area contributed by atoms with Crippen LogP contribution in [0.4, 0.5) is 0 Å². The summed E-state index contributed by atoms with van der Waals surface area (Å²) in [5.74, 6) is 1.81. The topological polar surface area (TPSA) is 76.4 Å². The standard InChI is InChI=1S/C21H23N3O3/c25-13-20-23-17-6-2-3-7-18(17)24(20)10-9-21(26)22-12-15-11-16-5-1-4-8-19(16)27-14-15/h1-8,15,25H,9-14H2,(H,22,26). The molecule has 1 aliphatic rings. The van der Waals surface area contributed by atoms with Crippen molar-refractivity contribution in [3.63, 3.8) is 0 Å². The monoisotopic (exact) mass is 365 g/mol. The van der Waals surface area contributed by atoms with Gasteiger partial charge in [0.25, 0.3) is 0 Å². The molecule has 4 rings (SSSR count). The van der Waals surface area contributed by atoms with Crippen LogP contribution in [-0.4, -0.2) is 33.7 Å². The molecule has 6 nitrogen and oxygen atoms in total. The van der Waals surface area contributed by atoms with Crippen molar-refractivity contribution in [3.05, 3.63) is 59.9 Å². The van der Waals surface area contributed by atoms with Crippen molar-refractivity contribution >= 4 is 16.9 Å². The number of hydrogen-bond acceptors (Lipinski definition) is 4. The van der Waals surface area contributed by atoms with Gasteiger partial charge in [0.15, 0.2) is 0 Å². The van der Waals surface area contributed by atoms with Crippen LogP contribution in [0.2, 0.25) is 0 Å². The highest BCUT2D eigenvalue weighted by Crippen LogP contribution is 2.26. The number of fused-ring (bicyclic) bond motifs is 2. The molecule has 2 aromatic carbocycles. The number of hydrogen-bond donors (Lipinski definition) is 2. The van der Waals surface area contributed by atoms with Crippen molar-refractivity contribution in [2.75, 3.05) is 13.2 Å². The number of rotatable bonds is 6. The lowest BCUT2D eigenvalue weighted by Crippen LogP contribution is -2.35. The molecule has 0 bridgehead atoms. The number of aliphatic hydroxyl groups excluding tert-OH is 1. The van der Waals surface area contributed by atoms with Gasteiger partial charge in [0.2, 0.25) is 5.91 Å². The van der Waals surface area contributed by atoms with Gasteiger partial charge in [0, 0.05) is 25.4 Å². The van der Waals surface area contributed by atoms with Crippen LogP contribution < -0.4 is 10.1 Å². The van der Waals surface area contributed by atoms with Gasteiger partial charge in [0.05, 0.1) is 17.6 Å². The van der Waals surface area contributed by atoms with Gasteiger partial charge in [-0.1, -0.05) is 30.3 Å². The molecule has 3 aromatic rings. The molecule has 2 N–H and O–H groups in total. The second-order valence-corrected chi connectivity index (χ2v) is 6.87. The van der Waals surface area contributed by atoms with E-state index < -0.39 is 0 Å². The van der Waals surface area contributed by atoms with Gasteiger partial charge in [-0.2, -0.15) is 0 Å². The third kappa shape index (κ3) is 3.80. The Bertz CT molecular complexity index is 951. The van der Waals surface area contributed by atoms with Crippen LogP contribution in [0.25, 0.3) is 11.0 Å². The molecular weight excluding hydrogens is 342 g/mol. The Hall–Kier alpha value is -2.86. The Morgan fingerprint density at radius 1 is 1.22 bits per heavy atom. The molecule has 1 aliphatic heterocycles. The summed E-state index contributed by atoms with van der Waals surface area (Å²) in [5.41, 5.74) is 2.96. The molecule has 0 aliphatic carbocycles. The fourth-order valence-corrected chi connectivity index (χ4v) is 3.58. The molecule has 6 heteroatoms. The summed E-state index contributed by atoms with van der Waals surface area (Å²) in [6.45, 7) is 1.57. The highest BCUT2D eigenvalue weighted by atomic mass is 16.5. The second-order valence-electron chi connectivity index (χ2n) is 6.87. The number of aliphatic hydroxyl groups is 1. The summed E-state index contributed by atoms with van der Waals surface area (Å²) >= 11 is 0. The van der Waals surface area contributed by atoms with Gasteiger partial charge < -0.3 is 19.7 Å². The largest absolute Gasteiger partial charge is 0.493 e. The number of amides is 1. The number of benzene rings is 2. The van der Waals surface area contributed by atoms with Crippen molar-refractivity contribution in [3.8, 4) is 5.75 Å². The molecule has 1 unspecified atom stereocenters. The predicted molar refractivity (Wildman–Crippen MR) is 102 cm³/mol. The lowest BCUT2D eigenvalue weighted by Gasteiger charge is -2.25.